The average Bonchev–Trinajstić information content (AvgIpc) is 3.01. The van der Waals surface area contributed by atoms with Gasteiger partial charge >= 0.3 is 0 Å². The van der Waals surface area contributed by atoms with E-state index < -0.39 is 0 Å². The zero-order chi connectivity index (χ0) is 12.8. The van der Waals surface area contributed by atoms with Gasteiger partial charge < -0.3 is 19.5 Å². The van der Waals surface area contributed by atoms with Crippen LogP contribution in [0.1, 0.15) is 11.5 Å². The molecule has 5 nitrogen and oxygen atoms in total. The standard InChI is InChI=1S/C12H14BrN3O2.HI/c1-14-12(15-7-9-3-2-6-17-9)16-8-10-4-5-11(13)18-10;/h2-6H,7-8H2,1H3,(H2,14,15,16);1H. The molecule has 0 amide bonds. The van der Waals surface area contributed by atoms with E-state index in [-0.39, 0.29) is 24.0 Å². The second-order valence-corrected chi connectivity index (χ2v) is 4.35. The van der Waals surface area contributed by atoms with Gasteiger partial charge in [-0.1, -0.05) is 0 Å². The van der Waals surface area contributed by atoms with Crippen LogP contribution in [0.25, 0.3) is 0 Å². The number of nitrogens with one attached hydrogen (secondary N) is 2. The molecule has 0 fully saturated rings. The highest BCUT2D eigenvalue weighted by atomic mass is 127. The molecule has 0 atom stereocenters. The van der Waals surface area contributed by atoms with Crippen LogP contribution in [-0.4, -0.2) is 13.0 Å². The maximum atomic E-state index is 5.38. The Labute approximate surface area is 137 Å². The monoisotopic (exact) mass is 439 g/mol. The van der Waals surface area contributed by atoms with Gasteiger partial charge in [-0.15, -0.1) is 24.0 Å². The van der Waals surface area contributed by atoms with Crippen LogP contribution in [0, 0.1) is 0 Å². The molecule has 104 valence electrons. The van der Waals surface area contributed by atoms with Gasteiger partial charge in [0.25, 0.3) is 0 Å². The molecule has 0 aromatic carbocycles. The molecule has 0 radical (unpaired) electrons. The lowest BCUT2D eigenvalue weighted by Gasteiger charge is -2.09. The van der Waals surface area contributed by atoms with Gasteiger partial charge in [-0.05, 0) is 40.2 Å². The Morgan fingerprint density at radius 3 is 2.47 bits per heavy atom. The van der Waals surface area contributed by atoms with Crippen LogP contribution in [0.4, 0.5) is 0 Å². The largest absolute Gasteiger partial charge is 0.467 e. The van der Waals surface area contributed by atoms with Crippen molar-refractivity contribution in [2.75, 3.05) is 7.05 Å². The van der Waals surface area contributed by atoms with Crippen molar-refractivity contribution < 1.29 is 8.83 Å². The summed E-state index contributed by atoms with van der Waals surface area (Å²) in [7, 11) is 1.72. The third kappa shape index (κ3) is 5.27. The van der Waals surface area contributed by atoms with E-state index in [1.165, 1.54) is 0 Å². The molecule has 7 heteroatoms. The highest BCUT2D eigenvalue weighted by Gasteiger charge is 2.02. The molecule has 0 aliphatic rings. The maximum Gasteiger partial charge on any atom is 0.191 e. The zero-order valence-corrected chi connectivity index (χ0v) is 14.3. The molecule has 2 aromatic rings. The average molecular weight is 440 g/mol. The van der Waals surface area contributed by atoms with E-state index in [0.717, 1.165) is 16.2 Å². The number of guanidine groups is 1. The summed E-state index contributed by atoms with van der Waals surface area (Å²) in [6.07, 6.45) is 1.65. The third-order valence-electron chi connectivity index (χ3n) is 2.29. The van der Waals surface area contributed by atoms with Gasteiger partial charge in [-0.2, -0.15) is 0 Å². The lowest BCUT2D eigenvalue weighted by atomic mass is 10.4. The Balaban J connectivity index is 0.00000180. The van der Waals surface area contributed by atoms with Crippen LogP contribution >= 0.6 is 39.9 Å². The maximum absolute atomic E-state index is 5.38. The van der Waals surface area contributed by atoms with Gasteiger partial charge in [0.2, 0.25) is 0 Å². The number of halogens is 2. The van der Waals surface area contributed by atoms with Crippen LogP contribution in [0.5, 0.6) is 0 Å². The van der Waals surface area contributed by atoms with Gasteiger partial charge in [0, 0.05) is 7.05 Å². The van der Waals surface area contributed by atoms with Crippen molar-refractivity contribution in [2.45, 2.75) is 13.1 Å². The van der Waals surface area contributed by atoms with Crippen molar-refractivity contribution in [3.05, 3.63) is 46.7 Å². The molecule has 0 spiro atoms. The number of nitrogens with zero attached hydrogens (tertiary/aromatic N) is 1. The Morgan fingerprint density at radius 2 is 1.95 bits per heavy atom. The molecule has 2 aromatic heterocycles. The quantitative estimate of drug-likeness (QED) is 0.436. The van der Waals surface area contributed by atoms with Crippen LogP contribution in [0.2, 0.25) is 0 Å². The molecule has 0 bridgehead atoms. The Hall–Kier alpha value is -0.960. The molecule has 19 heavy (non-hydrogen) atoms. The van der Waals surface area contributed by atoms with Crippen LogP contribution in [0.15, 0.2) is 49.0 Å². The van der Waals surface area contributed by atoms with Crippen molar-refractivity contribution >= 4 is 45.9 Å². The van der Waals surface area contributed by atoms with E-state index in [0.29, 0.717) is 19.0 Å². The van der Waals surface area contributed by atoms with Crippen molar-refractivity contribution in [1.82, 2.24) is 10.6 Å². The van der Waals surface area contributed by atoms with E-state index >= 15 is 0 Å². The summed E-state index contributed by atoms with van der Waals surface area (Å²) in [5.41, 5.74) is 0. The zero-order valence-electron chi connectivity index (χ0n) is 10.4. The van der Waals surface area contributed by atoms with Crippen molar-refractivity contribution in [2.24, 2.45) is 4.99 Å². The van der Waals surface area contributed by atoms with Gasteiger partial charge in [-0.3, -0.25) is 4.99 Å². The van der Waals surface area contributed by atoms with Gasteiger partial charge in [0.15, 0.2) is 10.6 Å². The first kappa shape index (κ1) is 16.1. The van der Waals surface area contributed by atoms with E-state index in [1.807, 2.05) is 24.3 Å². The normalized spacial score (nSPS) is 10.9. The van der Waals surface area contributed by atoms with E-state index in [4.69, 9.17) is 8.83 Å². The fourth-order valence-corrected chi connectivity index (χ4v) is 1.76. The van der Waals surface area contributed by atoms with Crippen molar-refractivity contribution in [3.8, 4) is 0 Å². The minimum absolute atomic E-state index is 0. The third-order valence-corrected chi connectivity index (χ3v) is 2.72. The molecule has 0 aliphatic carbocycles. The van der Waals surface area contributed by atoms with Crippen LogP contribution in [-0.2, 0) is 13.1 Å². The number of aliphatic imine (C=N–C) groups is 1. The van der Waals surface area contributed by atoms with Crippen molar-refractivity contribution in [3.63, 3.8) is 0 Å². The SMILES string of the molecule is CN=C(NCc1ccco1)NCc1ccc(Br)o1.I. The highest BCUT2D eigenvalue weighted by molar-refractivity contribution is 14.0. The first-order valence-corrected chi connectivity index (χ1v) is 6.28. The molecule has 0 unspecified atom stereocenters. The topological polar surface area (TPSA) is 62.7 Å². The smallest absolute Gasteiger partial charge is 0.191 e. The van der Waals surface area contributed by atoms with E-state index in [9.17, 15) is 0 Å². The molecular weight excluding hydrogens is 425 g/mol. The summed E-state index contributed by atoms with van der Waals surface area (Å²) >= 11 is 3.26. The Bertz CT molecular complexity index is 511. The van der Waals surface area contributed by atoms with E-state index in [1.54, 1.807) is 13.3 Å². The summed E-state index contributed by atoms with van der Waals surface area (Å²) < 4.78 is 11.3. The van der Waals surface area contributed by atoms with Crippen LogP contribution in [0.3, 0.4) is 0 Å². The first-order chi connectivity index (χ1) is 8.78. The molecule has 0 saturated heterocycles. The van der Waals surface area contributed by atoms with Gasteiger partial charge in [0.1, 0.15) is 11.5 Å². The second-order valence-electron chi connectivity index (χ2n) is 3.56. The Morgan fingerprint density at radius 1 is 1.21 bits per heavy atom. The van der Waals surface area contributed by atoms with Gasteiger partial charge in [0.05, 0.1) is 19.4 Å². The molecule has 0 saturated carbocycles. The predicted molar refractivity (Wildman–Crippen MR) is 87.6 cm³/mol. The molecule has 0 aliphatic heterocycles. The summed E-state index contributed by atoms with van der Waals surface area (Å²) in [4.78, 5) is 4.11. The molecule has 2 rings (SSSR count). The fraction of sp³-hybridized carbons (Fsp3) is 0.250. The van der Waals surface area contributed by atoms with Crippen LogP contribution < -0.4 is 10.6 Å². The van der Waals surface area contributed by atoms with Gasteiger partial charge in [-0.25, -0.2) is 0 Å². The Kier molecular flexibility index (Phi) is 7.00. The predicted octanol–water partition coefficient (Wildman–Crippen LogP) is 3.12. The van der Waals surface area contributed by atoms with Crippen molar-refractivity contribution in [1.29, 1.82) is 0 Å². The minimum atomic E-state index is 0. The summed E-state index contributed by atoms with van der Waals surface area (Å²) in [6, 6.07) is 7.52. The molecule has 2 heterocycles. The van der Waals surface area contributed by atoms with E-state index in [2.05, 4.69) is 31.6 Å². The fourth-order valence-electron chi connectivity index (χ4n) is 1.42. The summed E-state index contributed by atoms with van der Waals surface area (Å²) in [5.74, 6) is 2.39. The first-order valence-electron chi connectivity index (χ1n) is 5.49. The second kappa shape index (κ2) is 8.26. The lowest BCUT2D eigenvalue weighted by molar-refractivity contribution is 0.479. The molecular formula is C12H15BrIN3O2. The highest BCUT2D eigenvalue weighted by Crippen LogP contribution is 2.13. The lowest BCUT2D eigenvalue weighted by Crippen LogP contribution is -2.36. The summed E-state index contributed by atoms with van der Waals surface area (Å²) in [6.45, 7) is 1.16. The number of furan rings is 2. The number of hydrogen-bond acceptors (Lipinski definition) is 3. The summed E-state index contributed by atoms with van der Waals surface area (Å²) in [5, 5.41) is 6.28. The number of rotatable bonds is 4. The number of hydrogen-bond donors (Lipinski definition) is 2. The molecule has 2 N–H and O–H groups in total. The minimum Gasteiger partial charge on any atom is -0.467 e.